The number of amides is 1. The molecule has 2 N–H and O–H groups in total. The van der Waals surface area contributed by atoms with Gasteiger partial charge in [0.15, 0.2) is 0 Å². The largest absolute Gasteiger partial charge is 0.744 e. The molecule has 0 radical (unpaired) electrons. The molecule has 0 aliphatic carbocycles. The van der Waals surface area contributed by atoms with Crippen molar-refractivity contribution in [2.45, 2.75) is 4.90 Å². The van der Waals surface area contributed by atoms with Gasteiger partial charge in [0, 0.05) is 11.3 Å². The lowest BCUT2D eigenvalue weighted by Gasteiger charge is -2.12. The molecule has 0 fully saturated rings. The molecule has 0 aliphatic rings. The SMILES string of the molecule is O=C(O)c1cc(NC(=O)c2ccccc2)cc(S(=O)(=O)[O-])c1. The van der Waals surface area contributed by atoms with Gasteiger partial charge in [-0.2, -0.15) is 0 Å². The lowest BCUT2D eigenvalue weighted by molar-refractivity contribution is 0.0696. The Morgan fingerprint density at radius 1 is 1.00 bits per heavy atom. The zero-order valence-electron chi connectivity index (χ0n) is 11.0. The van der Waals surface area contributed by atoms with Crippen molar-refractivity contribution < 1.29 is 27.7 Å². The van der Waals surface area contributed by atoms with E-state index in [1.54, 1.807) is 18.2 Å². The van der Waals surface area contributed by atoms with Crippen LogP contribution in [-0.4, -0.2) is 30.0 Å². The maximum absolute atomic E-state index is 12.0. The van der Waals surface area contributed by atoms with Crippen LogP contribution in [0.4, 0.5) is 5.69 Å². The molecule has 0 heterocycles. The molecule has 0 saturated heterocycles. The average molecular weight is 320 g/mol. The van der Waals surface area contributed by atoms with Gasteiger partial charge in [0.1, 0.15) is 10.1 Å². The van der Waals surface area contributed by atoms with Crippen LogP contribution >= 0.6 is 0 Å². The van der Waals surface area contributed by atoms with Gasteiger partial charge in [0.2, 0.25) is 0 Å². The van der Waals surface area contributed by atoms with Gasteiger partial charge in [-0.1, -0.05) is 18.2 Å². The van der Waals surface area contributed by atoms with Gasteiger partial charge >= 0.3 is 5.97 Å². The van der Waals surface area contributed by atoms with E-state index in [0.717, 1.165) is 18.2 Å². The first-order valence-corrected chi connectivity index (χ1v) is 7.39. The number of rotatable bonds is 4. The molecule has 0 spiro atoms. The average Bonchev–Trinajstić information content (AvgIpc) is 2.46. The van der Waals surface area contributed by atoms with Gasteiger partial charge in [-0.3, -0.25) is 4.79 Å². The number of hydrogen-bond donors (Lipinski definition) is 2. The van der Waals surface area contributed by atoms with Gasteiger partial charge in [-0.15, -0.1) is 0 Å². The minimum absolute atomic E-state index is 0.0943. The Morgan fingerprint density at radius 3 is 2.18 bits per heavy atom. The van der Waals surface area contributed by atoms with Crippen molar-refractivity contribution in [1.29, 1.82) is 0 Å². The van der Waals surface area contributed by atoms with Crippen LogP contribution in [0.15, 0.2) is 53.4 Å². The Balaban J connectivity index is 2.41. The van der Waals surface area contributed by atoms with E-state index in [-0.39, 0.29) is 5.69 Å². The summed E-state index contributed by atoms with van der Waals surface area (Å²) in [5.41, 5.74) is -0.210. The topological polar surface area (TPSA) is 124 Å². The molecule has 0 bridgehead atoms. The van der Waals surface area contributed by atoms with E-state index in [0.29, 0.717) is 5.56 Å². The number of anilines is 1. The molecule has 0 unspecified atom stereocenters. The van der Waals surface area contributed by atoms with E-state index < -0.39 is 32.5 Å². The second kappa shape index (κ2) is 5.96. The quantitative estimate of drug-likeness (QED) is 0.824. The number of carboxylic acids is 1. The number of carbonyl (C=O) groups is 2. The highest BCUT2D eigenvalue weighted by molar-refractivity contribution is 7.85. The molecular formula is C14H10NO6S-. The fourth-order valence-electron chi connectivity index (χ4n) is 1.73. The Hall–Kier alpha value is -2.71. The van der Waals surface area contributed by atoms with Crippen LogP contribution in [0.3, 0.4) is 0 Å². The molecule has 7 nitrogen and oxygen atoms in total. The van der Waals surface area contributed by atoms with Gasteiger partial charge in [0.05, 0.1) is 10.5 Å². The van der Waals surface area contributed by atoms with Crippen molar-refractivity contribution in [3.63, 3.8) is 0 Å². The summed E-state index contributed by atoms with van der Waals surface area (Å²) in [4.78, 5) is 22.2. The first-order valence-electron chi connectivity index (χ1n) is 5.98. The lowest BCUT2D eigenvalue weighted by Crippen LogP contribution is -2.13. The third-order valence-corrected chi connectivity index (χ3v) is 3.55. The van der Waals surface area contributed by atoms with E-state index in [1.807, 2.05) is 0 Å². The van der Waals surface area contributed by atoms with Gasteiger partial charge in [-0.05, 0) is 30.3 Å². The molecule has 8 heteroatoms. The molecule has 0 saturated carbocycles. The van der Waals surface area contributed by atoms with Crippen molar-refractivity contribution in [1.82, 2.24) is 0 Å². The molecule has 2 aromatic rings. The highest BCUT2D eigenvalue weighted by atomic mass is 32.2. The maximum Gasteiger partial charge on any atom is 0.335 e. The number of nitrogens with one attached hydrogen (secondary N) is 1. The number of benzene rings is 2. The number of carboxylic acid groups (broad SMARTS) is 1. The van der Waals surface area contributed by atoms with E-state index in [9.17, 15) is 22.6 Å². The minimum Gasteiger partial charge on any atom is -0.744 e. The van der Waals surface area contributed by atoms with E-state index >= 15 is 0 Å². The van der Waals surface area contributed by atoms with Crippen molar-refractivity contribution >= 4 is 27.7 Å². The molecule has 1 amide bonds. The summed E-state index contributed by atoms with van der Waals surface area (Å²) in [7, 11) is -4.85. The van der Waals surface area contributed by atoms with Crippen LogP contribution in [0.1, 0.15) is 20.7 Å². The van der Waals surface area contributed by atoms with Crippen LogP contribution in [-0.2, 0) is 10.1 Å². The lowest BCUT2D eigenvalue weighted by atomic mass is 10.1. The highest BCUT2D eigenvalue weighted by Gasteiger charge is 2.13. The van der Waals surface area contributed by atoms with E-state index in [1.165, 1.54) is 12.1 Å². The monoisotopic (exact) mass is 320 g/mol. The molecule has 0 atom stereocenters. The van der Waals surface area contributed by atoms with E-state index in [2.05, 4.69) is 5.32 Å². The zero-order chi connectivity index (χ0) is 16.3. The fraction of sp³-hybridized carbons (Fsp3) is 0. The highest BCUT2D eigenvalue weighted by Crippen LogP contribution is 2.20. The first-order chi connectivity index (χ1) is 10.3. The third kappa shape index (κ3) is 3.68. The van der Waals surface area contributed by atoms with Crippen molar-refractivity contribution in [3.8, 4) is 0 Å². The van der Waals surface area contributed by atoms with Crippen molar-refractivity contribution in [3.05, 3.63) is 59.7 Å². The molecule has 0 aliphatic heterocycles. The van der Waals surface area contributed by atoms with E-state index in [4.69, 9.17) is 5.11 Å². The summed E-state index contributed by atoms with van der Waals surface area (Å²) in [5, 5.41) is 11.3. The molecule has 2 aromatic carbocycles. The first kappa shape index (κ1) is 15.7. The van der Waals surface area contributed by atoms with Crippen LogP contribution in [0.2, 0.25) is 0 Å². The van der Waals surface area contributed by atoms with Crippen molar-refractivity contribution in [2.75, 3.05) is 5.32 Å². The fourth-order valence-corrected chi connectivity index (χ4v) is 2.27. The molecule has 114 valence electrons. The second-order valence-corrected chi connectivity index (χ2v) is 5.71. The second-order valence-electron chi connectivity index (χ2n) is 4.33. The Bertz CT molecular complexity index is 830. The smallest absolute Gasteiger partial charge is 0.335 e. The van der Waals surface area contributed by atoms with Crippen LogP contribution in [0, 0.1) is 0 Å². The Kier molecular flexibility index (Phi) is 4.25. The summed E-state index contributed by atoms with van der Waals surface area (Å²) in [6.07, 6.45) is 0. The zero-order valence-corrected chi connectivity index (χ0v) is 11.8. The van der Waals surface area contributed by atoms with Gasteiger partial charge in [0.25, 0.3) is 5.91 Å². The third-order valence-electron chi connectivity index (χ3n) is 2.74. The normalized spacial score (nSPS) is 11.0. The summed E-state index contributed by atoms with van der Waals surface area (Å²) in [6, 6.07) is 10.8. The number of hydrogen-bond acceptors (Lipinski definition) is 5. The maximum atomic E-state index is 12.0. The molecule has 22 heavy (non-hydrogen) atoms. The van der Waals surface area contributed by atoms with Crippen molar-refractivity contribution in [2.24, 2.45) is 0 Å². The van der Waals surface area contributed by atoms with Crippen LogP contribution < -0.4 is 5.32 Å². The summed E-state index contributed by atoms with van der Waals surface area (Å²) >= 11 is 0. The predicted octanol–water partition coefficient (Wildman–Crippen LogP) is 1.54. The number of carbonyl (C=O) groups excluding carboxylic acids is 1. The molecular weight excluding hydrogens is 310 g/mol. The Labute approximate surface area is 126 Å². The van der Waals surface area contributed by atoms with Gasteiger partial charge in [-0.25, -0.2) is 13.2 Å². The standard InChI is InChI=1S/C14H11NO6S/c16-13(9-4-2-1-3-5-9)15-11-6-10(14(17)18)7-12(8-11)22(19,20)21/h1-8H,(H,15,16)(H,17,18)(H,19,20,21)/p-1. The number of aromatic carboxylic acids is 1. The van der Waals surface area contributed by atoms with Gasteiger partial charge < -0.3 is 15.0 Å². The van der Waals surface area contributed by atoms with Crippen LogP contribution in [0.5, 0.6) is 0 Å². The minimum atomic E-state index is -4.85. The summed E-state index contributed by atoms with van der Waals surface area (Å²) in [5.74, 6) is -1.97. The predicted molar refractivity (Wildman–Crippen MR) is 75.8 cm³/mol. The van der Waals surface area contributed by atoms with Crippen LogP contribution in [0.25, 0.3) is 0 Å². The molecule has 0 aromatic heterocycles. The molecule has 2 rings (SSSR count). The summed E-state index contributed by atoms with van der Waals surface area (Å²) in [6.45, 7) is 0. The summed E-state index contributed by atoms with van der Waals surface area (Å²) < 4.78 is 33.2. The Morgan fingerprint density at radius 2 is 1.64 bits per heavy atom.